The molecular weight excluding hydrogens is 266 g/mol. The normalized spacial score (nSPS) is 10.9. The van der Waals surface area contributed by atoms with Gasteiger partial charge in [0.1, 0.15) is 0 Å². The van der Waals surface area contributed by atoms with Crippen molar-refractivity contribution < 1.29 is 4.79 Å². The second-order valence-electron chi connectivity index (χ2n) is 4.05. The van der Waals surface area contributed by atoms with E-state index in [0.717, 1.165) is 33.6 Å². The summed E-state index contributed by atoms with van der Waals surface area (Å²) in [5, 5.41) is 1.09. The Morgan fingerprint density at radius 3 is 2.83 bits per heavy atom. The van der Waals surface area contributed by atoms with Crippen LogP contribution >= 0.6 is 22.9 Å². The summed E-state index contributed by atoms with van der Waals surface area (Å²) in [4.78, 5) is 12.3. The molecule has 0 aliphatic heterocycles. The highest BCUT2D eigenvalue weighted by atomic mass is 35.5. The van der Waals surface area contributed by atoms with Gasteiger partial charge in [-0.15, -0.1) is 11.3 Å². The van der Waals surface area contributed by atoms with Crippen molar-refractivity contribution >= 4 is 40.1 Å². The van der Waals surface area contributed by atoms with Crippen molar-refractivity contribution in [2.75, 3.05) is 0 Å². The second kappa shape index (κ2) is 4.59. The van der Waals surface area contributed by atoms with E-state index in [-0.39, 0.29) is 0 Å². The highest BCUT2D eigenvalue weighted by Crippen LogP contribution is 2.25. The molecule has 0 saturated carbocycles. The predicted molar refractivity (Wildman–Crippen MR) is 75.8 cm³/mol. The van der Waals surface area contributed by atoms with Gasteiger partial charge in [-0.2, -0.15) is 0 Å². The Morgan fingerprint density at radius 1 is 1.22 bits per heavy atom. The first kappa shape index (κ1) is 11.5. The van der Waals surface area contributed by atoms with Crippen LogP contribution in [0.5, 0.6) is 0 Å². The van der Waals surface area contributed by atoms with E-state index in [1.807, 2.05) is 42.6 Å². The Morgan fingerprint density at radius 2 is 2.11 bits per heavy atom. The molecule has 0 amide bonds. The van der Waals surface area contributed by atoms with Gasteiger partial charge in [-0.1, -0.05) is 23.7 Å². The van der Waals surface area contributed by atoms with Gasteiger partial charge in [-0.05, 0) is 24.3 Å². The van der Waals surface area contributed by atoms with Crippen molar-refractivity contribution in [1.29, 1.82) is 0 Å². The molecule has 0 N–H and O–H groups in total. The van der Waals surface area contributed by atoms with Crippen LogP contribution in [-0.4, -0.2) is 10.9 Å². The molecule has 0 atom stereocenters. The minimum atomic E-state index is 0.722. The number of hydrogen-bond donors (Lipinski definition) is 0. The molecule has 0 radical (unpaired) electrons. The van der Waals surface area contributed by atoms with Crippen molar-refractivity contribution in [3.8, 4) is 0 Å². The fourth-order valence-electron chi connectivity index (χ4n) is 2.12. The number of halogens is 1. The number of benzene rings is 1. The summed E-state index contributed by atoms with van der Waals surface area (Å²) in [6.07, 6.45) is 2.91. The van der Waals surface area contributed by atoms with E-state index in [2.05, 4.69) is 4.57 Å². The van der Waals surface area contributed by atoms with Gasteiger partial charge in [0.05, 0.1) is 16.4 Å². The fraction of sp³-hybridized carbons (Fsp3) is 0.0714. The molecule has 3 aromatic rings. The molecule has 0 spiro atoms. The Bertz CT molecular complexity index is 713. The molecule has 0 saturated heterocycles. The summed E-state index contributed by atoms with van der Waals surface area (Å²) in [7, 11) is 0. The predicted octanol–water partition coefficient (Wildman–Crippen LogP) is 4.22. The van der Waals surface area contributed by atoms with Gasteiger partial charge in [0, 0.05) is 22.0 Å². The van der Waals surface area contributed by atoms with Crippen LogP contribution in [-0.2, 0) is 6.54 Å². The van der Waals surface area contributed by atoms with Crippen molar-refractivity contribution in [3.63, 3.8) is 0 Å². The van der Waals surface area contributed by atoms with Crippen LogP contribution in [0.1, 0.15) is 15.2 Å². The molecule has 2 aromatic heterocycles. The molecule has 4 heteroatoms. The summed E-state index contributed by atoms with van der Waals surface area (Å²) < 4.78 is 2.87. The third kappa shape index (κ3) is 1.96. The van der Waals surface area contributed by atoms with Crippen LogP contribution in [0.4, 0.5) is 0 Å². The lowest BCUT2D eigenvalue weighted by Gasteiger charge is -2.05. The maximum atomic E-state index is 11.1. The number of hydrogen-bond acceptors (Lipinski definition) is 2. The number of aromatic nitrogens is 1. The summed E-state index contributed by atoms with van der Waals surface area (Å²) in [5.41, 5.74) is 1.71. The maximum absolute atomic E-state index is 11.1. The van der Waals surface area contributed by atoms with E-state index in [1.165, 1.54) is 4.88 Å². The molecule has 3 rings (SSSR count). The molecule has 0 bridgehead atoms. The molecule has 0 aliphatic carbocycles. The zero-order chi connectivity index (χ0) is 12.5. The molecule has 90 valence electrons. The average Bonchev–Trinajstić information content (AvgIpc) is 2.97. The lowest BCUT2D eigenvalue weighted by atomic mass is 10.1. The van der Waals surface area contributed by atoms with Crippen molar-refractivity contribution in [3.05, 3.63) is 57.4 Å². The number of thiophene rings is 1. The van der Waals surface area contributed by atoms with Crippen LogP contribution < -0.4 is 0 Å². The SMILES string of the molecule is O=Cc1cccc2ccn(Cc3ccc(Cl)s3)c12. The third-order valence-electron chi connectivity index (χ3n) is 2.90. The lowest BCUT2D eigenvalue weighted by Crippen LogP contribution is -1.98. The Hall–Kier alpha value is -1.58. The smallest absolute Gasteiger partial charge is 0.152 e. The molecule has 2 heterocycles. The largest absolute Gasteiger partial charge is 0.342 e. The average molecular weight is 276 g/mol. The standard InChI is InChI=1S/C14H10ClNOS/c15-13-5-4-12(18-13)8-16-7-6-10-2-1-3-11(9-17)14(10)16/h1-7,9H,8H2. The number of rotatable bonds is 3. The van der Waals surface area contributed by atoms with E-state index in [9.17, 15) is 4.79 Å². The van der Waals surface area contributed by atoms with E-state index in [4.69, 9.17) is 11.6 Å². The number of carbonyl (C=O) groups excluding carboxylic acids is 1. The van der Waals surface area contributed by atoms with Gasteiger partial charge in [0.25, 0.3) is 0 Å². The van der Waals surface area contributed by atoms with Gasteiger partial charge >= 0.3 is 0 Å². The first-order chi connectivity index (χ1) is 8.78. The highest BCUT2D eigenvalue weighted by molar-refractivity contribution is 7.16. The molecular formula is C14H10ClNOS. The van der Waals surface area contributed by atoms with E-state index in [0.29, 0.717) is 0 Å². The monoisotopic (exact) mass is 275 g/mol. The molecule has 0 fully saturated rings. The first-order valence-electron chi connectivity index (χ1n) is 5.55. The summed E-state index contributed by atoms with van der Waals surface area (Å²) in [6, 6.07) is 11.7. The molecule has 0 aliphatic rings. The van der Waals surface area contributed by atoms with Gasteiger partial charge in [-0.3, -0.25) is 4.79 Å². The van der Waals surface area contributed by atoms with Crippen LogP contribution in [0.25, 0.3) is 10.9 Å². The topological polar surface area (TPSA) is 22.0 Å². The van der Waals surface area contributed by atoms with Crippen LogP contribution in [0.15, 0.2) is 42.6 Å². The molecule has 18 heavy (non-hydrogen) atoms. The summed E-state index contributed by atoms with van der Waals surface area (Å²) in [6.45, 7) is 0.742. The van der Waals surface area contributed by atoms with Crippen molar-refractivity contribution in [2.45, 2.75) is 6.54 Å². The second-order valence-corrected chi connectivity index (χ2v) is 5.85. The van der Waals surface area contributed by atoms with Gasteiger partial charge in [-0.25, -0.2) is 0 Å². The number of nitrogens with zero attached hydrogens (tertiary/aromatic N) is 1. The minimum Gasteiger partial charge on any atom is -0.342 e. The molecule has 1 aromatic carbocycles. The lowest BCUT2D eigenvalue weighted by molar-refractivity contribution is 0.112. The van der Waals surface area contributed by atoms with Crippen LogP contribution in [0.3, 0.4) is 0 Å². The summed E-state index contributed by atoms with van der Waals surface area (Å²) in [5.74, 6) is 0. The fourth-order valence-corrected chi connectivity index (χ4v) is 3.21. The molecule has 2 nitrogen and oxygen atoms in total. The van der Waals surface area contributed by atoms with Crippen molar-refractivity contribution in [1.82, 2.24) is 4.57 Å². The highest BCUT2D eigenvalue weighted by Gasteiger charge is 2.07. The zero-order valence-electron chi connectivity index (χ0n) is 9.47. The van der Waals surface area contributed by atoms with Gasteiger partial charge in [0.2, 0.25) is 0 Å². The first-order valence-corrected chi connectivity index (χ1v) is 6.74. The number of aldehydes is 1. The van der Waals surface area contributed by atoms with Crippen molar-refractivity contribution in [2.24, 2.45) is 0 Å². The third-order valence-corrected chi connectivity index (χ3v) is 4.12. The van der Waals surface area contributed by atoms with Crippen LogP contribution in [0.2, 0.25) is 4.34 Å². The van der Waals surface area contributed by atoms with E-state index in [1.54, 1.807) is 11.3 Å². The minimum absolute atomic E-state index is 0.722. The van der Waals surface area contributed by atoms with Gasteiger partial charge in [0.15, 0.2) is 6.29 Å². The quantitative estimate of drug-likeness (QED) is 0.656. The van der Waals surface area contributed by atoms with Gasteiger partial charge < -0.3 is 4.57 Å². The maximum Gasteiger partial charge on any atom is 0.152 e. The van der Waals surface area contributed by atoms with Crippen LogP contribution in [0, 0.1) is 0 Å². The number of carbonyl (C=O) groups is 1. The number of fused-ring (bicyclic) bond motifs is 1. The molecule has 0 unspecified atom stereocenters. The Balaban J connectivity index is 2.09. The number of para-hydroxylation sites is 1. The van der Waals surface area contributed by atoms with E-state index >= 15 is 0 Å². The summed E-state index contributed by atoms with van der Waals surface area (Å²) >= 11 is 7.49. The Labute approximate surface area is 113 Å². The Kier molecular flexibility index (Phi) is 2.94. The zero-order valence-corrected chi connectivity index (χ0v) is 11.0. The van der Waals surface area contributed by atoms with E-state index < -0.39 is 0 Å².